The fourth-order valence-electron chi connectivity index (χ4n) is 2.14. The molecule has 7 heteroatoms. The number of carbonyl (C=O) groups is 2. The molecule has 0 aliphatic rings. The Morgan fingerprint density at radius 2 is 1.42 bits per heavy atom. The van der Waals surface area contributed by atoms with E-state index in [1.54, 1.807) is 37.4 Å². The van der Waals surface area contributed by atoms with E-state index in [1.807, 2.05) is 18.2 Å². The second-order valence-corrected chi connectivity index (χ2v) is 6.18. The molecule has 24 heavy (non-hydrogen) atoms. The molecule has 5 nitrogen and oxygen atoms in total. The molecule has 2 aromatic rings. The number of hydrogen-bond donors (Lipinski definition) is 3. The van der Waals surface area contributed by atoms with Gasteiger partial charge in [-0.3, -0.25) is 9.59 Å². The zero-order valence-corrected chi connectivity index (χ0v) is 14.6. The van der Waals surface area contributed by atoms with Crippen molar-refractivity contribution in [3.05, 3.63) is 58.6 Å². The predicted molar refractivity (Wildman–Crippen MR) is 96.8 cm³/mol. The van der Waals surface area contributed by atoms with E-state index in [4.69, 9.17) is 23.2 Å². The van der Waals surface area contributed by atoms with Crippen molar-refractivity contribution in [2.45, 2.75) is 0 Å². The monoisotopic (exact) mass is 366 g/mol. The molecule has 0 aliphatic heterocycles. The highest BCUT2D eigenvalue weighted by Gasteiger charge is 2.16. The summed E-state index contributed by atoms with van der Waals surface area (Å²) < 4.78 is 0. The highest BCUT2D eigenvalue weighted by molar-refractivity contribution is 6.39. The number of amides is 2. The van der Waals surface area contributed by atoms with E-state index in [0.717, 1.165) is 10.6 Å². The minimum atomic E-state index is -0.269. The van der Waals surface area contributed by atoms with Crippen LogP contribution < -0.4 is 15.5 Å². The fourth-order valence-corrected chi connectivity index (χ4v) is 2.63. The van der Waals surface area contributed by atoms with Gasteiger partial charge in [0.1, 0.15) is 0 Å². The second kappa shape index (κ2) is 8.68. The Balaban J connectivity index is 1.84. The SMILES string of the molecule is C[NH+](CC(=O)Nc1ccccc1)CC(=O)Nc1c(Cl)cccc1Cl. The number of rotatable bonds is 6. The van der Waals surface area contributed by atoms with Crippen molar-refractivity contribution in [2.24, 2.45) is 0 Å². The van der Waals surface area contributed by atoms with Gasteiger partial charge in [-0.2, -0.15) is 0 Å². The molecule has 0 fully saturated rings. The van der Waals surface area contributed by atoms with Crippen LogP contribution in [0.4, 0.5) is 11.4 Å². The number of benzene rings is 2. The Hall–Kier alpha value is -2.08. The zero-order chi connectivity index (χ0) is 17.5. The van der Waals surface area contributed by atoms with Crippen molar-refractivity contribution in [3.8, 4) is 0 Å². The minimum absolute atomic E-state index is 0.115. The first-order chi connectivity index (χ1) is 11.5. The molecule has 2 amide bonds. The molecule has 2 rings (SSSR count). The van der Waals surface area contributed by atoms with Crippen molar-refractivity contribution in [1.82, 2.24) is 0 Å². The van der Waals surface area contributed by atoms with E-state index >= 15 is 0 Å². The van der Waals surface area contributed by atoms with Gasteiger partial charge in [-0.25, -0.2) is 0 Å². The van der Waals surface area contributed by atoms with Gasteiger partial charge in [0.2, 0.25) is 0 Å². The summed E-state index contributed by atoms with van der Waals surface area (Å²) in [6, 6.07) is 14.2. The van der Waals surface area contributed by atoms with Crippen LogP contribution in [-0.2, 0) is 9.59 Å². The number of hydrogen-bond acceptors (Lipinski definition) is 2. The Morgan fingerprint density at radius 3 is 2.00 bits per heavy atom. The third kappa shape index (κ3) is 5.53. The van der Waals surface area contributed by atoms with Gasteiger partial charge in [-0.15, -0.1) is 0 Å². The molecule has 0 saturated heterocycles. The molecule has 0 spiro atoms. The van der Waals surface area contributed by atoms with Crippen molar-refractivity contribution in [1.29, 1.82) is 0 Å². The van der Waals surface area contributed by atoms with Crippen LogP contribution in [-0.4, -0.2) is 32.0 Å². The molecule has 0 aliphatic carbocycles. The molecule has 0 aromatic heterocycles. The van der Waals surface area contributed by atoms with Crippen molar-refractivity contribution in [2.75, 3.05) is 30.8 Å². The van der Waals surface area contributed by atoms with E-state index in [9.17, 15) is 9.59 Å². The summed E-state index contributed by atoms with van der Waals surface area (Å²) >= 11 is 12.0. The third-order valence-electron chi connectivity index (χ3n) is 3.21. The molecule has 126 valence electrons. The molecule has 0 heterocycles. The lowest BCUT2D eigenvalue weighted by Crippen LogP contribution is -3.11. The third-order valence-corrected chi connectivity index (χ3v) is 3.84. The van der Waals surface area contributed by atoms with Gasteiger partial charge in [0.25, 0.3) is 11.8 Å². The van der Waals surface area contributed by atoms with Gasteiger partial charge >= 0.3 is 0 Å². The van der Waals surface area contributed by atoms with E-state index in [2.05, 4.69) is 10.6 Å². The van der Waals surface area contributed by atoms with Crippen LogP contribution in [0.3, 0.4) is 0 Å². The van der Waals surface area contributed by atoms with E-state index in [1.165, 1.54) is 0 Å². The summed E-state index contributed by atoms with van der Waals surface area (Å²) in [6.07, 6.45) is 0. The van der Waals surface area contributed by atoms with Crippen molar-refractivity contribution >= 4 is 46.4 Å². The van der Waals surface area contributed by atoms with Gasteiger partial charge < -0.3 is 15.5 Å². The van der Waals surface area contributed by atoms with Gasteiger partial charge in [0.05, 0.1) is 22.8 Å². The Labute approximate surface area is 150 Å². The topological polar surface area (TPSA) is 62.6 Å². The highest BCUT2D eigenvalue weighted by atomic mass is 35.5. The Bertz CT molecular complexity index is 703. The molecule has 0 bridgehead atoms. The maximum absolute atomic E-state index is 12.1. The van der Waals surface area contributed by atoms with E-state index < -0.39 is 0 Å². The van der Waals surface area contributed by atoms with Crippen molar-refractivity contribution in [3.63, 3.8) is 0 Å². The first kappa shape index (κ1) is 18.3. The lowest BCUT2D eigenvalue weighted by Gasteiger charge is -2.14. The smallest absolute Gasteiger partial charge is 0.279 e. The van der Waals surface area contributed by atoms with Crippen LogP contribution in [0.1, 0.15) is 0 Å². The maximum Gasteiger partial charge on any atom is 0.279 e. The fraction of sp³-hybridized carbons (Fsp3) is 0.176. The number of para-hydroxylation sites is 2. The molecule has 3 N–H and O–H groups in total. The first-order valence-corrected chi connectivity index (χ1v) is 8.11. The highest BCUT2D eigenvalue weighted by Crippen LogP contribution is 2.29. The van der Waals surface area contributed by atoms with Crippen molar-refractivity contribution < 1.29 is 14.5 Å². The molecule has 1 unspecified atom stereocenters. The number of nitrogens with one attached hydrogen (secondary N) is 3. The molecule has 2 aromatic carbocycles. The molecule has 1 atom stereocenters. The van der Waals surface area contributed by atoms with Crippen LogP contribution in [0.15, 0.2) is 48.5 Å². The second-order valence-electron chi connectivity index (χ2n) is 5.37. The number of quaternary nitrogens is 1. The maximum atomic E-state index is 12.1. The van der Waals surface area contributed by atoms with Gasteiger partial charge in [0.15, 0.2) is 13.1 Å². The standard InChI is InChI=1S/C17H17Cl2N3O2/c1-22(10-15(23)20-12-6-3-2-4-7-12)11-16(24)21-17-13(18)8-5-9-14(17)19/h2-9H,10-11H2,1H3,(H,20,23)(H,21,24)/p+1. The predicted octanol–water partition coefficient (Wildman–Crippen LogP) is 2.09. The summed E-state index contributed by atoms with van der Waals surface area (Å²) in [6.45, 7) is 0.280. The van der Waals surface area contributed by atoms with Crippen LogP contribution >= 0.6 is 23.2 Å². The van der Waals surface area contributed by atoms with E-state index in [-0.39, 0.29) is 24.9 Å². The van der Waals surface area contributed by atoms with Crippen LogP contribution in [0.25, 0.3) is 0 Å². The minimum Gasteiger partial charge on any atom is -0.322 e. The Morgan fingerprint density at radius 1 is 0.875 bits per heavy atom. The molecular formula is C17H18Cl2N3O2+. The van der Waals surface area contributed by atoms with Gasteiger partial charge in [0, 0.05) is 5.69 Å². The Kier molecular flexibility index (Phi) is 6.61. The largest absolute Gasteiger partial charge is 0.322 e. The number of halogens is 2. The average Bonchev–Trinajstić information content (AvgIpc) is 2.51. The summed E-state index contributed by atoms with van der Waals surface area (Å²) in [5.41, 5.74) is 1.11. The van der Waals surface area contributed by atoms with Gasteiger partial charge in [-0.1, -0.05) is 47.5 Å². The number of carbonyl (C=O) groups excluding carboxylic acids is 2. The quantitative estimate of drug-likeness (QED) is 0.732. The van der Waals surface area contributed by atoms with Gasteiger partial charge in [-0.05, 0) is 24.3 Å². The normalized spacial score (nSPS) is 11.6. The summed E-state index contributed by atoms with van der Waals surface area (Å²) in [7, 11) is 1.76. The average molecular weight is 367 g/mol. The lowest BCUT2D eigenvalue weighted by atomic mass is 10.3. The molecule has 0 saturated carbocycles. The molecule has 0 radical (unpaired) electrons. The number of likely N-dealkylation sites (N-methyl/N-ethyl adjacent to an activating group) is 1. The van der Waals surface area contributed by atoms with Crippen LogP contribution in [0, 0.1) is 0 Å². The number of anilines is 2. The summed E-state index contributed by atoms with van der Waals surface area (Å²) in [5.74, 6) is -0.433. The van der Waals surface area contributed by atoms with E-state index in [0.29, 0.717) is 15.7 Å². The first-order valence-electron chi connectivity index (χ1n) is 7.36. The lowest BCUT2D eigenvalue weighted by molar-refractivity contribution is -0.862. The summed E-state index contributed by atoms with van der Waals surface area (Å²) in [4.78, 5) is 24.8. The summed E-state index contributed by atoms with van der Waals surface area (Å²) in [5, 5.41) is 6.20. The van der Waals surface area contributed by atoms with Crippen LogP contribution in [0.2, 0.25) is 10.0 Å². The zero-order valence-electron chi connectivity index (χ0n) is 13.1. The van der Waals surface area contributed by atoms with Crippen LogP contribution in [0.5, 0.6) is 0 Å². The molecular weight excluding hydrogens is 349 g/mol.